The Labute approximate surface area is 188 Å². The highest BCUT2D eigenvalue weighted by Crippen LogP contribution is 2.32. The summed E-state index contributed by atoms with van der Waals surface area (Å²) >= 11 is 0. The molecule has 0 saturated heterocycles. The molecule has 2 heterocycles. The van der Waals surface area contributed by atoms with E-state index in [0.717, 1.165) is 34.8 Å². The van der Waals surface area contributed by atoms with Crippen LogP contribution < -0.4 is 10.6 Å². The van der Waals surface area contributed by atoms with Crippen molar-refractivity contribution in [3.05, 3.63) is 60.0 Å². The van der Waals surface area contributed by atoms with Gasteiger partial charge in [0.15, 0.2) is 0 Å². The predicted octanol–water partition coefficient (Wildman–Crippen LogP) is 2.53. The van der Waals surface area contributed by atoms with E-state index in [1.807, 2.05) is 63.6 Å². The zero-order valence-corrected chi connectivity index (χ0v) is 18.6. The fourth-order valence-corrected chi connectivity index (χ4v) is 3.76. The fraction of sp³-hybridized carbons (Fsp3) is 0.333. The Bertz CT molecular complexity index is 1090. The Balaban J connectivity index is 1.46. The zero-order valence-electron chi connectivity index (χ0n) is 18.6. The van der Waals surface area contributed by atoms with Crippen LogP contribution in [0, 0.1) is 5.92 Å². The summed E-state index contributed by atoms with van der Waals surface area (Å²) in [5.41, 5.74) is 4.00. The number of amides is 2. The first kappa shape index (κ1) is 21.7. The van der Waals surface area contributed by atoms with Crippen LogP contribution in [0.5, 0.6) is 0 Å². The first-order chi connectivity index (χ1) is 15.4. The number of para-hydroxylation sites is 1. The van der Waals surface area contributed by atoms with Crippen LogP contribution >= 0.6 is 0 Å². The van der Waals surface area contributed by atoms with Crippen LogP contribution in [0.1, 0.15) is 12.0 Å². The predicted molar refractivity (Wildman–Crippen MR) is 125 cm³/mol. The van der Waals surface area contributed by atoms with Crippen molar-refractivity contribution in [2.24, 2.45) is 5.92 Å². The molecular weight excluding hydrogens is 404 g/mol. The number of nitrogens with one attached hydrogen (secondary N) is 2. The lowest BCUT2D eigenvalue weighted by Crippen LogP contribution is -2.37. The maximum Gasteiger partial charge on any atom is 0.229 e. The average molecular weight is 433 g/mol. The van der Waals surface area contributed by atoms with Crippen molar-refractivity contribution in [3.8, 4) is 11.3 Å². The summed E-state index contributed by atoms with van der Waals surface area (Å²) in [5, 5.41) is 6.16. The molecule has 0 radical (unpaired) electrons. The number of hydrogen-bond acceptors (Lipinski definition) is 6. The molecule has 1 aromatic heterocycles. The van der Waals surface area contributed by atoms with Gasteiger partial charge in [0.05, 0.1) is 23.7 Å². The van der Waals surface area contributed by atoms with E-state index < -0.39 is 0 Å². The quantitative estimate of drug-likeness (QED) is 0.729. The molecule has 8 heteroatoms. The van der Waals surface area contributed by atoms with Crippen LogP contribution in [0.3, 0.4) is 0 Å². The molecule has 1 unspecified atom stereocenters. The summed E-state index contributed by atoms with van der Waals surface area (Å²) in [4.78, 5) is 37.8. The van der Waals surface area contributed by atoms with E-state index in [-0.39, 0.29) is 24.2 Å². The van der Waals surface area contributed by atoms with Crippen molar-refractivity contribution in [2.75, 3.05) is 44.9 Å². The van der Waals surface area contributed by atoms with E-state index in [4.69, 9.17) is 4.98 Å². The molecule has 2 aliphatic rings. The number of likely N-dealkylation sites (N-methyl/N-ethyl adjacent to an activating group) is 2. The number of allylic oxidation sites excluding steroid dienone is 2. The second-order valence-electron chi connectivity index (χ2n) is 8.39. The monoisotopic (exact) mass is 432 g/mol. The number of carbonyl (C=O) groups is 2. The number of hydrogen-bond donors (Lipinski definition) is 2. The minimum absolute atomic E-state index is 0.0790. The van der Waals surface area contributed by atoms with Crippen molar-refractivity contribution >= 4 is 23.5 Å². The van der Waals surface area contributed by atoms with Crippen LogP contribution in [-0.4, -0.2) is 65.8 Å². The lowest BCUT2D eigenvalue weighted by atomic mass is 9.98. The smallest absolute Gasteiger partial charge is 0.229 e. The first-order valence-corrected chi connectivity index (χ1v) is 10.7. The van der Waals surface area contributed by atoms with E-state index in [9.17, 15) is 9.59 Å². The van der Waals surface area contributed by atoms with Crippen LogP contribution in [-0.2, 0) is 16.0 Å². The number of nitrogens with zero attached hydrogens (tertiary/aromatic N) is 4. The minimum atomic E-state index is -0.162. The van der Waals surface area contributed by atoms with E-state index in [0.29, 0.717) is 18.9 Å². The molecule has 0 fully saturated rings. The van der Waals surface area contributed by atoms with Crippen LogP contribution in [0.15, 0.2) is 54.4 Å². The third-order valence-corrected chi connectivity index (χ3v) is 5.60. The normalized spacial score (nSPS) is 17.1. The van der Waals surface area contributed by atoms with Crippen LogP contribution in [0.4, 0.5) is 11.6 Å². The second kappa shape index (κ2) is 9.32. The summed E-state index contributed by atoms with van der Waals surface area (Å²) in [6.45, 7) is 1.54. The Morgan fingerprint density at radius 2 is 2.03 bits per heavy atom. The lowest BCUT2D eigenvalue weighted by molar-refractivity contribution is -0.132. The van der Waals surface area contributed by atoms with Crippen LogP contribution in [0.25, 0.3) is 11.3 Å². The average Bonchev–Trinajstić information content (AvgIpc) is 2.92. The Morgan fingerprint density at radius 3 is 2.78 bits per heavy atom. The van der Waals surface area contributed by atoms with Crippen molar-refractivity contribution in [1.29, 1.82) is 0 Å². The van der Waals surface area contributed by atoms with Gasteiger partial charge in [-0.05, 0) is 32.7 Å². The van der Waals surface area contributed by atoms with Crippen molar-refractivity contribution < 1.29 is 9.59 Å². The number of fused-ring (bicyclic) bond motifs is 3. The maximum absolute atomic E-state index is 12.7. The number of rotatable bonds is 6. The van der Waals surface area contributed by atoms with Gasteiger partial charge < -0.3 is 20.4 Å². The lowest BCUT2D eigenvalue weighted by Gasteiger charge is -2.24. The van der Waals surface area contributed by atoms with Gasteiger partial charge in [-0.25, -0.2) is 9.97 Å². The SMILES string of the molecule is CN(C)CCN(C)C(=O)C1C=CC(Nc2ncc3c(n2)-c2ccccc2NC(=O)C3)=CC1. The fourth-order valence-electron chi connectivity index (χ4n) is 3.76. The van der Waals surface area contributed by atoms with Gasteiger partial charge in [-0.2, -0.15) is 0 Å². The highest BCUT2D eigenvalue weighted by Gasteiger charge is 2.23. The Kier molecular flexibility index (Phi) is 6.32. The molecule has 1 aliphatic carbocycles. The zero-order chi connectivity index (χ0) is 22.7. The molecule has 0 saturated carbocycles. The molecular formula is C24H28N6O2. The second-order valence-corrected chi connectivity index (χ2v) is 8.39. The van der Waals surface area contributed by atoms with Gasteiger partial charge in [0.2, 0.25) is 17.8 Å². The molecule has 1 aromatic carbocycles. The number of benzene rings is 1. The van der Waals surface area contributed by atoms with Gasteiger partial charge in [-0.1, -0.05) is 30.4 Å². The minimum Gasteiger partial charge on any atom is -0.344 e. The molecule has 0 bridgehead atoms. The molecule has 0 spiro atoms. The third-order valence-electron chi connectivity index (χ3n) is 5.60. The summed E-state index contributed by atoms with van der Waals surface area (Å²) in [6, 6.07) is 7.63. The summed E-state index contributed by atoms with van der Waals surface area (Å²) in [7, 11) is 5.84. The maximum atomic E-state index is 12.7. The largest absolute Gasteiger partial charge is 0.344 e. The van der Waals surface area contributed by atoms with Gasteiger partial charge >= 0.3 is 0 Å². The molecule has 2 amide bonds. The highest BCUT2D eigenvalue weighted by molar-refractivity contribution is 5.99. The third kappa shape index (κ3) is 4.86. The Hall–Kier alpha value is -3.52. The van der Waals surface area contributed by atoms with Crippen molar-refractivity contribution in [1.82, 2.24) is 19.8 Å². The number of aromatic nitrogens is 2. The van der Waals surface area contributed by atoms with Gasteiger partial charge in [-0.15, -0.1) is 0 Å². The summed E-state index contributed by atoms with van der Waals surface area (Å²) in [5.74, 6) is 0.333. The topological polar surface area (TPSA) is 90.5 Å². The summed E-state index contributed by atoms with van der Waals surface area (Å²) < 4.78 is 0. The van der Waals surface area contributed by atoms with Gasteiger partial charge in [0, 0.05) is 43.2 Å². The molecule has 2 aromatic rings. The van der Waals surface area contributed by atoms with E-state index in [1.54, 1.807) is 11.1 Å². The number of carbonyl (C=O) groups excluding carboxylic acids is 2. The van der Waals surface area contributed by atoms with E-state index in [2.05, 4.69) is 20.5 Å². The Morgan fingerprint density at radius 1 is 1.22 bits per heavy atom. The van der Waals surface area contributed by atoms with Crippen molar-refractivity contribution in [2.45, 2.75) is 12.8 Å². The molecule has 4 rings (SSSR count). The van der Waals surface area contributed by atoms with Crippen LogP contribution in [0.2, 0.25) is 0 Å². The molecule has 8 nitrogen and oxygen atoms in total. The molecule has 32 heavy (non-hydrogen) atoms. The van der Waals surface area contributed by atoms with E-state index >= 15 is 0 Å². The molecule has 1 atom stereocenters. The molecule has 2 N–H and O–H groups in total. The standard InChI is InChI=1S/C24H28N6O2/c1-29(2)12-13-30(3)23(32)16-8-10-18(11-9-16)26-24-25-15-17-14-21(31)27-20-7-5-4-6-19(20)22(17)28-24/h4-8,10-11,15-16H,9,12-14H2,1-3H3,(H,27,31)(H,25,26,28). The van der Waals surface area contributed by atoms with Gasteiger partial charge in [0.25, 0.3) is 0 Å². The van der Waals surface area contributed by atoms with Crippen molar-refractivity contribution in [3.63, 3.8) is 0 Å². The van der Waals surface area contributed by atoms with E-state index in [1.165, 1.54) is 0 Å². The molecule has 1 aliphatic heterocycles. The first-order valence-electron chi connectivity index (χ1n) is 10.7. The highest BCUT2D eigenvalue weighted by atomic mass is 16.2. The summed E-state index contributed by atoms with van der Waals surface area (Å²) in [6.07, 6.45) is 8.38. The molecule has 166 valence electrons. The number of anilines is 2. The van der Waals surface area contributed by atoms with Gasteiger partial charge in [-0.3, -0.25) is 9.59 Å². The van der Waals surface area contributed by atoms with Gasteiger partial charge in [0.1, 0.15) is 0 Å².